The summed E-state index contributed by atoms with van der Waals surface area (Å²) in [5.74, 6) is 0. The molecule has 0 fully saturated rings. The molecule has 0 atom stereocenters. The second-order valence-corrected chi connectivity index (χ2v) is 19.9. The van der Waals surface area contributed by atoms with Gasteiger partial charge in [-0.15, -0.1) is 0 Å². The molecule has 0 saturated heterocycles. The van der Waals surface area contributed by atoms with Crippen molar-refractivity contribution in [2.45, 2.75) is 44.2 Å². The third-order valence-electron chi connectivity index (χ3n) is 5.84. The Balaban J connectivity index is -0.000000161. The third-order valence-corrected chi connectivity index (χ3v) is 18.3. The molecule has 12 radical (unpaired) electrons. The fourth-order valence-electron chi connectivity index (χ4n) is 3.60. The van der Waals surface area contributed by atoms with E-state index in [0.717, 1.165) is 46.7 Å². The molecular formula is C17H46Al6K6N2O6Si2. The summed E-state index contributed by atoms with van der Waals surface area (Å²) >= 11 is 8.94. The van der Waals surface area contributed by atoms with Crippen LogP contribution in [0.5, 0.6) is 0 Å². The van der Waals surface area contributed by atoms with Gasteiger partial charge in [-0.3, -0.25) is 0 Å². The van der Waals surface area contributed by atoms with E-state index < -0.39 is 17.6 Å². The molecule has 0 bridgehead atoms. The predicted octanol–water partition coefficient (Wildman–Crippen LogP) is -3.42. The van der Waals surface area contributed by atoms with Gasteiger partial charge < -0.3 is 44.7 Å². The summed E-state index contributed by atoms with van der Waals surface area (Å²) in [5.41, 5.74) is 0. The standard InChI is InChI=1S/C15H34N2O6Si2.2CH3.6Al.6K.6H/c1-16(2,10-5-7-14-24(18,19)20)12-9-13-17(3,4)11-6-8-15-25(21,22)23;;;;;;;;;;;;;;;;;;;;/h5-15H2,1-4H3;2*1H3;;;;;;;;;;;;;;;;;;/q-4;2*-1;6*+1;;;;;;;;;;;;. The van der Waals surface area contributed by atoms with Crippen LogP contribution in [0.25, 0.3) is 0 Å². The van der Waals surface area contributed by atoms with Gasteiger partial charge in [-0.1, -0.05) is 0 Å². The molecule has 0 rings (SSSR count). The molecule has 0 spiro atoms. The molecule has 22 heteroatoms. The van der Waals surface area contributed by atoms with Gasteiger partial charge in [-0.05, 0) is 25.7 Å². The zero-order valence-corrected chi connectivity index (χ0v) is 57.6. The fourth-order valence-corrected chi connectivity index (χ4v) is 14.9. The van der Waals surface area contributed by atoms with Crippen molar-refractivity contribution in [1.82, 2.24) is 0 Å². The van der Waals surface area contributed by atoms with E-state index in [1.165, 1.54) is 132 Å². The van der Waals surface area contributed by atoms with E-state index >= 15 is 0 Å². The van der Waals surface area contributed by atoms with Gasteiger partial charge in [0.1, 0.15) is 0 Å². The second-order valence-electron chi connectivity index (χ2n) is 9.27. The van der Waals surface area contributed by atoms with Gasteiger partial charge in [0.2, 0.25) is 0 Å². The van der Waals surface area contributed by atoms with E-state index in [2.05, 4.69) is 28.2 Å². The van der Waals surface area contributed by atoms with Crippen molar-refractivity contribution in [3.63, 3.8) is 0 Å². The van der Waals surface area contributed by atoms with Crippen molar-refractivity contribution in [2.75, 3.05) is 54.4 Å². The van der Waals surface area contributed by atoms with E-state index in [4.69, 9.17) is 20.9 Å². The molecule has 39 heavy (non-hydrogen) atoms. The molecule has 0 amide bonds. The van der Waals surface area contributed by atoms with E-state index in [1.54, 1.807) is 0 Å². The first-order valence-corrected chi connectivity index (χ1v) is 18.0. The third kappa shape index (κ3) is 37.8. The quantitative estimate of drug-likeness (QED) is 0.0553. The summed E-state index contributed by atoms with van der Waals surface area (Å²) < 4.78 is 35.5. The average Bonchev–Trinajstić information content (AvgIpc) is 2.75. The van der Waals surface area contributed by atoms with Crippen LogP contribution >= 0.6 is 0 Å². The van der Waals surface area contributed by atoms with Crippen molar-refractivity contribution < 1.29 is 29.8 Å². The number of quaternary nitrogens is 2. The van der Waals surface area contributed by atoms with Crippen LogP contribution in [0.2, 0.25) is 12.1 Å². The zero-order valence-electron chi connectivity index (χ0n) is 28.4. The first-order chi connectivity index (χ1) is 14.5. The second kappa shape index (κ2) is 43.8. The summed E-state index contributed by atoms with van der Waals surface area (Å²) in [7, 11) is 4.57. The molecule has 0 aromatic rings. The minimum absolute atomic E-state index is 0. The van der Waals surface area contributed by atoms with Crippen LogP contribution in [0.4, 0.5) is 0 Å². The largest absolute Gasteiger partial charge is 0.515 e. The summed E-state index contributed by atoms with van der Waals surface area (Å²) in [6, 6.07) is 1.79. The number of rotatable bonds is 20. The van der Waals surface area contributed by atoms with E-state index in [1.807, 2.05) is 0 Å². The maximum atomic E-state index is 5.56. The van der Waals surface area contributed by atoms with Crippen LogP contribution in [0, 0.1) is 14.9 Å². The minimum Gasteiger partial charge on any atom is -0.515 e. The Morgan fingerprint density at radius 1 is 0.410 bits per heavy atom. The molecule has 0 aliphatic carbocycles. The number of nitrogens with zero attached hydrogens (tertiary/aromatic N) is 2. The Morgan fingerprint density at radius 2 is 0.615 bits per heavy atom. The normalized spacial score (nSPS) is 10.8. The number of hydrogen-bond donors (Lipinski definition) is 0. The van der Waals surface area contributed by atoms with Crippen LogP contribution < -0.4 is 0 Å². The summed E-state index contributed by atoms with van der Waals surface area (Å²) in [6.07, 6.45) is 5.73. The molecule has 0 aromatic heterocycles. The Kier molecular flexibility index (Phi) is 82.4. The van der Waals surface area contributed by atoms with Gasteiger partial charge in [-0.2, -0.15) is 0 Å². The first-order valence-electron chi connectivity index (χ1n) is 10.7. The Bertz CT molecular complexity index is 449. The first kappa shape index (κ1) is 73.3. The average molecular weight is 827 g/mol. The Labute approximate surface area is 551 Å². The van der Waals surface area contributed by atoms with Gasteiger partial charge in [0.25, 0.3) is 0 Å². The Morgan fingerprint density at radius 3 is 0.821 bits per heavy atom. The van der Waals surface area contributed by atoms with Crippen molar-refractivity contribution in [2.24, 2.45) is 0 Å². The van der Waals surface area contributed by atoms with Crippen molar-refractivity contribution >= 4 is 426 Å². The number of hydrogen-bond acceptors (Lipinski definition) is 6. The van der Waals surface area contributed by atoms with Crippen LogP contribution in [0.15, 0.2) is 0 Å². The summed E-state index contributed by atoms with van der Waals surface area (Å²) in [6.45, 7) is 4.73. The molecule has 192 valence electrons. The van der Waals surface area contributed by atoms with Gasteiger partial charge >= 0.3 is 117 Å². The number of unbranched alkanes of at least 4 members (excludes halogenated alkanes) is 2. The van der Waals surface area contributed by atoms with Gasteiger partial charge in [-0.25, -0.2) is 0 Å². The molecular weight excluding hydrogens is 781 g/mol. The van der Waals surface area contributed by atoms with E-state index in [-0.39, 0.29) is 323 Å². The minimum atomic E-state index is -2.39. The van der Waals surface area contributed by atoms with Crippen molar-refractivity contribution in [3.8, 4) is 0 Å². The van der Waals surface area contributed by atoms with Crippen LogP contribution in [0.3, 0.4) is 0 Å². The van der Waals surface area contributed by atoms with Gasteiger partial charge in [0, 0.05) is 327 Å². The Hall–Kier alpha value is 13.1. The van der Waals surface area contributed by atoms with Gasteiger partial charge in [0.15, 0.2) is 0 Å². The molecule has 0 aliphatic heterocycles. The molecule has 0 aliphatic rings. The van der Waals surface area contributed by atoms with Crippen LogP contribution in [0.1, 0.15) is 32.1 Å². The summed E-state index contributed by atoms with van der Waals surface area (Å²) in [5, 5.41) is 0. The van der Waals surface area contributed by atoms with Crippen LogP contribution in [-0.4, -0.2) is 489 Å². The monoisotopic (exact) mass is 826 g/mol. The molecule has 0 heterocycles. The van der Waals surface area contributed by atoms with E-state index in [0.29, 0.717) is 0 Å². The predicted molar refractivity (Wildman–Crippen MR) is 185 cm³/mol. The topological polar surface area (TPSA) is 55.4 Å². The molecule has 8 nitrogen and oxygen atoms in total. The zero-order chi connectivity index (χ0) is 24.0. The van der Waals surface area contributed by atoms with Crippen molar-refractivity contribution in [3.05, 3.63) is 14.9 Å². The molecule has 0 unspecified atom stereocenters. The maximum absolute atomic E-state index is 5.56. The van der Waals surface area contributed by atoms with E-state index in [9.17, 15) is 0 Å². The van der Waals surface area contributed by atoms with Crippen LogP contribution in [-0.2, 0) is 20.9 Å². The molecule has 0 aromatic carbocycles. The molecule has 0 N–H and O–H groups in total. The van der Waals surface area contributed by atoms with Crippen molar-refractivity contribution in [1.29, 1.82) is 0 Å². The molecule has 0 saturated carbocycles. The smallest absolute Gasteiger partial charge is 0.410 e. The maximum Gasteiger partial charge on any atom is 0.410 e. The SMILES string of the molecule is C[N+](C)(CCCC[Si]([O][AlH])([O][AlH])[O][AlH])CCC[N+](C)(C)CCCC[Si]([O][AlH])([O][AlH])[O][AlH].[CH3-].[CH3-].[K].[K].[K].[K].[K].[K]. The fraction of sp³-hybridized carbons (Fsp3) is 0.882. The van der Waals surface area contributed by atoms with Gasteiger partial charge in [0.05, 0.1) is 54.4 Å². The summed E-state index contributed by atoms with van der Waals surface area (Å²) in [4.78, 5) is 0.